The molecule has 0 aliphatic heterocycles. The summed E-state index contributed by atoms with van der Waals surface area (Å²) in [6.07, 6.45) is 1.30. The number of carbonyl (C=O) groups excluding carboxylic acids is 2. The highest BCUT2D eigenvalue weighted by Crippen LogP contribution is 2.25. The summed E-state index contributed by atoms with van der Waals surface area (Å²) in [5.74, 6) is -3.27. The second-order valence-corrected chi connectivity index (χ2v) is 6.88. The zero-order chi connectivity index (χ0) is 24.0. The van der Waals surface area contributed by atoms with Gasteiger partial charge in [0.25, 0.3) is 11.6 Å². The van der Waals surface area contributed by atoms with Gasteiger partial charge in [-0.05, 0) is 30.4 Å². The Hall–Kier alpha value is -4.52. The second-order valence-electron chi connectivity index (χ2n) is 6.44. The summed E-state index contributed by atoms with van der Waals surface area (Å²) in [7, 11) is 1.13. The van der Waals surface area contributed by atoms with Crippen molar-refractivity contribution in [2.24, 2.45) is 10.8 Å². The van der Waals surface area contributed by atoms with Crippen LogP contribution in [0.4, 0.5) is 11.4 Å². The number of nitrogens with zero attached hydrogens (tertiary/aromatic N) is 4. The van der Waals surface area contributed by atoms with Crippen LogP contribution in [-0.2, 0) is 14.3 Å². The van der Waals surface area contributed by atoms with E-state index < -0.39 is 28.4 Å². The molecule has 0 saturated carbocycles. The molecule has 0 spiro atoms. The number of nitro benzene ring substituents is 1. The molecule has 3 rings (SSSR count). The first-order valence-electron chi connectivity index (χ1n) is 9.29. The average Bonchev–Trinajstić information content (AvgIpc) is 2.81. The highest BCUT2D eigenvalue weighted by Gasteiger charge is 2.35. The van der Waals surface area contributed by atoms with Crippen LogP contribution in [0.5, 0.6) is 0 Å². The maximum atomic E-state index is 13.2. The van der Waals surface area contributed by atoms with Gasteiger partial charge in [-0.15, -0.1) is 0 Å². The molecule has 3 aromatic rings. The molecule has 0 bridgehead atoms. The van der Waals surface area contributed by atoms with E-state index in [2.05, 4.69) is 25.8 Å². The Balaban J connectivity index is 2.09. The van der Waals surface area contributed by atoms with Crippen molar-refractivity contribution in [1.82, 2.24) is 15.4 Å². The summed E-state index contributed by atoms with van der Waals surface area (Å²) >= 11 is 4.74. The predicted octanol–water partition coefficient (Wildman–Crippen LogP) is 1.62. The third-order valence-corrected chi connectivity index (χ3v) is 4.43. The zero-order valence-corrected chi connectivity index (χ0v) is 17.9. The van der Waals surface area contributed by atoms with Crippen molar-refractivity contribution >= 4 is 57.3 Å². The number of anilines is 1. The highest BCUT2D eigenvalue weighted by molar-refractivity contribution is 7.80. The van der Waals surface area contributed by atoms with E-state index in [1.54, 1.807) is 24.3 Å². The van der Waals surface area contributed by atoms with E-state index in [1.807, 2.05) is 0 Å². The van der Waals surface area contributed by atoms with Gasteiger partial charge in [0.05, 0.1) is 35.0 Å². The molecule has 0 aliphatic carbocycles. The number of hydrogen-bond acceptors (Lipinski definition) is 9. The minimum atomic E-state index is -1.45. The minimum Gasteiger partial charge on any atom is -0.468 e. The number of nitro groups is 1. The largest absolute Gasteiger partial charge is 0.468 e. The number of amides is 1. The molecule has 2 aromatic carbocycles. The van der Waals surface area contributed by atoms with Gasteiger partial charge in [0.15, 0.2) is 5.11 Å². The molecule has 1 heterocycles. The Bertz CT molecular complexity index is 1280. The Morgan fingerprint density at radius 3 is 2.52 bits per heavy atom. The van der Waals surface area contributed by atoms with E-state index in [0.717, 1.165) is 7.11 Å². The third-order valence-electron chi connectivity index (χ3n) is 4.34. The fraction of sp³-hybridized carbons (Fsp3) is 0.100. The van der Waals surface area contributed by atoms with Crippen molar-refractivity contribution < 1.29 is 19.2 Å². The number of para-hydroxylation sites is 4. The summed E-state index contributed by atoms with van der Waals surface area (Å²) in [5.41, 5.74) is 7.86. The van der Waals surface area contributed by atoms with Gasteiger partial charge < -0.3 is 15.8 Å². The second kappa shape index (κ2) is 10.2. The Morgan fingerprint density at radius 1 is 1.18 bits per heavy atom. The van der Waals surface area contributed by atoms with E-state index in [0.29, 0.717) is 11.0 Å². The summed E-state index contributed by atoms with van der Waals surface area (Å²) < 4.78 is 4.86. The lowest BCUT2D eigenvalue weighted by Gasteiger charge is -2.17. The van der Waals surface area contributed by atoms with Gasteiger partial charge in [-0.3, -0.25) is 30.1 Å². The molecule has 1 aromatic heterocycles. The van der Waals surface area contributed by atoms with Crippen LogP contribution in [0.25, 0.3) is 11.0 Å². The maximum absolute atomic E-state index is 13.2. The average molecular weight is 467 g/mol. The number of rotatable bonds is 7. The Labute approximate surface area is 192 Å². The van der Waals surface area contributed by atoms with Gasteiger partial charge in [0.2, 0.25) is 0 Å². The minimum absolute atomic E-state index is 0.0572. The van der Waals surface area contributed by atoms with Crippen LogP contribution in [0, 0.1) is 10.1 Å². The molecular weight excluding hydrogens is 450 g/mol. The summed E-state index contributed by atoms with van der Waals surface area (Å²) in [4.78, 5) is 45.2. The zero-order valence-electron chi connectivity index (χ0n) is 17.1. The number of thiocarbonyl (C=S) groups is 1. The number of benzene rings is 2. The first kappa shape index (κ1) is 23.1. The number of hydrazone groups is 1. The van der Waals surface area contributed by atoms with Gasteiger partial charge in [0.1, 0.15) is 17.3 Å². The standard InChI is InChI=1S/C20H17N7O5S/c1-32-19(29)16(14-10-22-11-6-2-3-7-12(11)23-14)17(25-26-20(21)33)18(28)24-13-8-4-5-9-15(13)27(30)31/h2-10,16H,1H3,(H,24,28)(H3,21,26,33)/b25-17-/t16-/m0/s1. The van der Waals surface area contributed by atoms with Crippen LogP contribution < -0.4 is 16.5 Å². The molecular formula is C20H17N7O5S. The van der Waals surface area contributed by atoms with Crippen molar-refractivity contribution in [2.75, 3.05) is 12.4 Å². The number of esters is 1. The van der Waals surface area contributed by atoms with Crippen LogP contribution in [0.2, 0.25) is 0 Å². The molecule has 13 heteroatoms. The first-order valence-corrected chi connectivity index (χ1v) is 9.70. The number of ether oxygens (including phenoxy) is 1. The van der Waals surface area contributed by atoms with Gasteiger partial charge in [-0.1, -0.05) is 24.3 Å². The number of hydrogen-bond donors (Lipinski definition) is 3. The Kier molecular flexibility index (Phi) is 7.15. The van der Waals surface area contributed by atoms with Crippen LogP contribution >= 0.6 is 12.2 Å². The number of fused-ring (bicyclic) bond motifs is 1. The fourth-order valence-electron chi connectivity index (χ4n) is 2.89. The predicted molar refractivity (Wildman–Crippen MR) is 123 cm³/mol. The molecule has 4 N–H and O–H groups in total. The highest BCUT2D eigenvalue weighted by atomic mass is 32.1. The quantitative estimate of drug-likeness (QED) is 0.152. The van der Waals surface area contributed by atoms with Gasteiger partial charge in [-0.2, -0.15) is 5.10 Å². The molecule has 0 saturated heterocycles. The van der Waals surface area contributed by atoms with E-state index in [9.17, 15) is 19.7 Å². The van der Waals surface area contributed by atoms with Gasteiger partial charge in [0, 0.05) is 6.07 Å². The number of aromatic nitrogens is 2. The lowest BCUT2D eigenvalue weighted by atomic mass is 9.98. The summed E-state index contributed by atoms with van der Waals surface area (Å²) in [6.45, 7) is 0. The fourth-order valence-corrected chi connectivity index (χ4v) is 2.93. The molecule has 0 unspecified atom stereocenters. The van der Waals surface area contributed by atoms with Crippen LogP contribution in [0.3, 0.4) is 0 Å². The number of methoxy groups -OCH3 is 1. The molecule has 0 aliphatic rings. The first-order chi connectivity index (χ1) is 15.8. The SMILES string of the molecule is COC(=O)[C@H](/C(=N/NC(N)=S)C(=O)Nc1ccccc1[N+](=O)[O-])c1cnc2ccccc2n1. The lowest BCUT2D eigenvalue weighted by Crippen LogP contribution is -2.37. The number of nitrogens with one attached hydrogen (secondary N) is 2. The maximum Gasteiger partial charge on any atom is 0.321 e. The van der Waals surface area contributed by atoms with E-state index in [-0.39, 0.29) is 22.2 Å². The van der Waals surface area contributed by atoms with Crippen molar-refractivity contribution in [2.45, 2.75) is 5.92 Å². The molecule has 33 heavy (non-hydrogen) atoms. The van der Waals surface area contributed by atoms with Crippen molar-refractivity contribution in [1.29, 1.82) is 0 Å². The Morgan fingerprint density at radius 2 is 1.85 bits per heavy atom. The van der Waals surface area contributed by atoms with Crippen LogP contribution in [-0.4, -0.2) is 44.7 Å². The summed E-state index contributed by atoms with van der Waals surface area (Å²) in [5, 5.41) is 17.3. The van der Waals surface area contributed by atoms with Crippen LogP contribution in [0.15, 0.2) is 59.8 Å². The van der Waals surface area contributed by atoms with E-state index in [1.165, 1.54) is 30.5 Å². The van der Waals surface area contributed by atoms with Crippen molar-refractivity contribution in [3.63, 3.8) is 0 Å². The van der Waals surface area contributed by atoms with Crippen molar-refractivity contribution in [3.05, 3.63) is 70.5 Å². The lowest BCUT2D eigenvalue weighted by molar-refractivity contribution is -0.383. The smallest absolute Gasteiger partial charge is 0.321 e. The third kappa shape index (κ3) is 5.40. The van der Waals surface area contributed by atoms with Gasteiger partial charge >= 0.3 is 5.97 Å². The van der Waals surface area contributed by atoms with E-state index >= 15 is 0 Å². The number of carbonyl (C=O) groups is 2. The monoisotopic (exact) mass is 467 g/mol. The molecule has 0 radical (unpaired) electrons. The number of nitrogens with two attached hydrogens (primary N) is 1. The van der Waals surface area contributed by atoms with E-state index in [4.69, 9.17) is 22.7 Å². The summed E-state index contributed by atoms with van der Waals surface area (Å²) in [6, 6.07) is 12.4. The molecule has 1 atom stereocenters. The molecule has 168 valence electrons. The molecule has 1 amide bonds. The van der Waals surface area contributed by atoms with Crippen molar-refractivity contribution in [3.8, 4) is 0 Å². The van der Waals surface area contributed by atoms with Gasteiger partial charge in [-0.25, -0.2) is 4.98 Å². The van der Waals surface area contributed by atoms with Crippen LogP contribution in [0.1, 0.15) is 11.6 Å². The molecule has 0 fully saturated rings. The molecule has 12 nitrogen and oxygen atoms in total. The topological polar surface area (TPSA) is 175 Å². The normalized spacial score (nSPS) is 12.0.